The minimum Gasteiger partial charge on any atom is -0.0592 e. The highest BCUT2D eigenvalue weighted by Gasteiger charge is 2.08. The summed E-state index contributed by atoms with van der Waals surface area (Å²) in [5.41, 5.74) is 7.90. The van der Waals surface area contributed by atoms with Gasteiger partial charge >= 0.3 is 0 Å². The fourth-order valence-electron chi connectivity index (χ4n) is 1.95. The fourth-order valence-corrected chi connectivity index (χ4v) is 2.22. The fraction of sp³-hybridized carbons (Fsp3) is 0.200. The van der Waals surface area contributed by atoms with Gasteiger partial charge in [0.05, 0.1) is 0 Å². The maximum atomic E-state index is 3.40. The Hall–Kier alpha value is -1.08. The van der Waals surface area contributed by atoms with Crippen LogP contribution in [0.4, 0.5) is 0 Å². The van der Waals surface area contributed by atoms with Gasteiger partial charge in [0.2, 0.25) is 0 Å². The molecule has 0 aromatic carbocycles. The van der Waals surface area contributed by atoms with Crippen molar-refractivity contribution in [3.8, 4) is 11.1 Å². The molecule has 0 saturated heterocycles. The first-order valence-corrected chi connectivity index (χ1v) is 6.32. The van der Waals surface area contributed by atoms with Gasteiger partial charge in [-0.3, -0.25) is 0 Å². The molecule has 1 heteroatoms. The van der Waals surface area contributed by atoms with Crippen LogP contribution in [0, 0.1) is 13.8 Å². The topological polar surface area (TPSA) is 0 Å². The van der Waals surface area contributed by atoms with Crippen molar-refractivity contribution in [3.05, 3.63) is 52.0 Å². The quantitative estimate of drug-likeness (QED) is 0.674. The molecule has 0 heterocycles. The first kappa shape index (κ1) is 11.4. The van der Waals surface area contributed by atoms with Crippen LogP contribution in [-0.2, 0) is 0 Å². The summed E-state index contributed by atoms with van der Waals surface area (Å²) in [4.78, 5) is 1.97. The van der Waals surface area contributed by atoms with Gasteiger partial charge in [0.15, 0.2) is 0 Å². The van der Waals surface area contributed by atoms with Gasteiger partial charge in [-0.1, -0.05) is 40.2 Å². The molecule has 2 rings (SSSR count). The van der Waals surface area contributed by atoms with E-state index >= 15 is 0 Å². The van der Waals surface area contributed by atoms with Gasteiger partial charge < -0.3 is 0 Å². The molecule has 0 amide bonds. The van der Waals surface area contributed by atoms with Gasteiger partial charge in [-0.05, 0) is 65.2 Å². The molecule has 0 aliphatic heterocycles. The van der Waals surface area contributed by atoms with Gasteiger partial charge in [-0.15, -0.1) is 0 Å². The number of allylic oxidation sites excluding steroid dienone is 1. The summed E-state index contributed by atoms with van der Waals surface area (Å²) in [5.74, 6) is 0. The molecular weight excluding hydrogens is 260 g/mol. The maximum Gasteiger partial charge on any atom is -0.0146 e. The van der Waals surface area contributed by atoms with Crippen molar-refractivity contribution in [1.29, 1.82) is 0 Å². The Balaban J connectivity index is 2.73. The van der Waals surface area contributed by atoms with Crippen molar-refractivity contribution in [2.24, 2.45) is 0 Å². The number of hydrogen-bond acceptors (Lipinski definition) is 0. The molecule has 0 bridgehead atoms. The van der Waals surface area contributed by atoms with Crippen molar-refractivity contribution >= 4 is 21.5 Å². The van der Waals surface area contributed by atoms with Gasteiger partial charge in [-0.2, -0.15) is 0 Å². The normalized spacial score (nSPS) is 12.1. The Morgan fingerprint density at radius 1 is 1.00 bits per heavy atom. The van der Waals surface area contributed by atoms with Crippen LogP contribution in [0.15, 0.2) is 35.3 Å². The highest BCUT2D eigenvalue weighted by atomic mass is 79.9. The average molecular weight is 275 g/mol. The van der Waals surface area contributed by atoms with E-state index in [9.17, 15) is 0 Å². The van der Waals surface area contributed by atoms with Crippen molar-refractivity contribution in [1.82, 2.24) is 0 Å². The Bertz CT molecular complexity index is 523. The van der Waals surface area contributed by atoms with Crippen LogP contribution in [-0.4, -0.2) is 0 Å². The number of halogens is 1. The first-order chi connectivity index (χ1) is 7.63. The first-order valence-electron chi connectivity index (χ1n) is 5.41. The molecule has 0 atom stereocenters. The summed E-state index contributed by atoms with van der Waals surface area (Å²) in [6.07, 6.45) is 0. The Kier molecular flexibility index (Phi) is 3.15. The minimum atomic E-state index is 1.25. The SMILES string of the molecule is C/C(=C/Br)c1ccc(C)c2ccc(C)c-2c1. The molecule has 0 spiro atoms. The molecule has 0 saturated carbocycles. The lowest BCUT2D eigenvalue weighted by molar-refractivity contribution is 1.50. The number of hydrogen-bond donors (Lipinski definition) is 0. The zero-order valence-electron chi connectivity index (χ0n) is 9.84. The Labute approximate surface area is 105 Å². The number of rotatable bonds is 1. The van der Waals surface area contributed by atoms with E-state index in [4.69, 9.17) is 0 Å². The number of aryl methyl sites for hydroxylation is 2. The predicted molar refractivity (Wildman–Crippen MR) is 75.1 cm³/mol. The van der Waals surface area contributed by atoms with Gasteiger partial charge in [0, 0.05) is 0 Å². The molecule has 0 N–H and O–H groups in total. The largest absolute Gasteiger partial charge is 0.0592 e. The van der Waals surface area contributed by atoms with Crippen LogP contribution in [0.5, 0.6) is 0 Å². The molecule has 16 heavy (non-hydrogen) atoms. The van der Waals surface area contributed by atoms with E-state index in [1.807, 2.05) is 4.99 Å². The second kappa shape index (κ2) is 4.42. The van der Waals surface area contributed by atoms with E-state index in [2.05, 4.69) is 67.0 Å². The van der Waals surface area contributed by atoms with E-state index in [0.29, 0.717) is 0 Å². The molecule has 2 aliphatic carbocycles. The van der Waals surface area contributed by atoms with E-state index in [1.54, 1.807) is 0 Å². The second-order valence-electron chi connectivity index (χ2n) is 4.25. The maximum absolute atomic E-state index is 3.40. The van der Waals surface area contributed by atoms with E-state index in [0.717, 1.165) is 0 Å². The standard InChI is InChI=1S/C15H15Br/c1-10-4-6-13(12(3)9-16)8-15-11(2)5-7-14(10)15/h4-9H,1-3H3/b12-9-. The summed E-state index contributed by atoms with van der Waals surface area (Å²) in [5, 5.41) is 0. The van der Waals surface area contributed by atoms with Crippen LogP contribution in [0.3, 0.4) is 0 Å². The lowest BCUT2D eigenvalue weighted by Gasteiger charge is -2.00. The van der Waals surface area contributed by atoms with Gasteiger partial charge in [0.1, 0.15) is 0 Å². The smallest absolute Gasteiger partial charge is 0.0146 e. The highest BCUT2D eigenvalue weighted by molar-refractivity contribution is 9.11. The van der Waals surface area contributed by atoms with Crippen molar-refractivity contribution in [3.63, 3.8) is 0 Å². The monoisotopic (exact) mass is 274 g/mol. The molecular formula is C15H15Br. The van der Waals surface area contributed by atoms with Crippen molar-refractivity contribution in [2.45, 2.75) is 20.8 Å². The molecule has 0 nitrogen and oxygen atoms in total. The molecule has 0 radical (unpaired) electrons. The van der Waals surface area contributed by atoms with Crippen molar-refractivity contribution < 1.29 is 0 Å². The average Bonchev–Trinajstić information content (AvgIpc) is 2.55. The van der Waals surface area contributed by atoms with Crippen LogP contribution in [0.25, 0.3) is 16.7 Å². The van der Waals surface area contributed by atoms with Gasteiger partial charge in [-0.25, -0.2) is 0 Å². The van der Waals surface area contributed by atoms with E-state index in [-0.39, 0.29) is 0 Å². The summed E-state index contributed by atoms with van der Waals surface area (Å²) >= 11 is 3.40. The molecule has 0 aromatic rings. The zero-order valence-corrected chi connectivity index (χ0v) is 11.4. The lowest BCUT2D eigenvalue weighted by atomic mass is 10.1. The summed E-state index contributed by atoms with van der Waals surface area (Å²) < 4.78 is 0. The molecule has 0 fully saturated rings. The van der Waals surface area contributed by atoms with Crippen LogP contribution in [0.2, 0.25) is 0 Å². The molecule has 2 aliphatic rings. The van der Waals surface area contributed by atoms with E-state index in [1.165, 1.54) is 33.4 Å². The van der Waals surface area contributed by atoms with Gasteiger partial charge in [0.25, 0.3) is 0 Å². The lowest BCUT2D eigenvalue weighted by Crippen LogP contribution is -1.77. The van der Waals surface area contributed by atoms with E-state index < -0.39 is 0 Å². The molecule has 82 valence electrons. The predicted octanol–water partition coefficient (Wildman–Crippen LogP) is 5.16. The van der Waals surface area contributed by atoms with Crippen LogP contribution < -0.4 is 0 Å². The Morgan fingerprint density at radius 2 is 1.62 bits per heavy atom. The Morgan fingerprint density at radius 3 is 2.31 bits per heavy atom. The third-order valence-corrected chi connectivity index (χ3v) is 3.76. The third-order valence-electron chi connectivity index (χ3n) is 3.07. The van der Waals surface area contributed by atoms with Crippen LogP contribution >= 0.6 is 15.9 Å². The second-order valence-corrected chi connectivity index (χ2v) is 4.71. The summed E-state index contributed by atoms with van der Waals surface area (Å²) in [6, 6.07) is 11.0. The number of fused-ring (bicyclic) bond motifs is 1. The summed E-state index contributed by atoms with van der Waals surface area (Å²) in [6.45, 7) is 6.45. The zero-order chi connectivity index (χ0) is 11.7. The molecule has 0 unspecified atom stereocenters. The minimum absolute atomic E-state index is 1.25. The molecule has 0 aromatic heterocycles. The third kappa shape index (κ3) is 1.92. The summed E-state index contributed by atoms with van der Waals surface area (Å²) in [7, 11) is 0. The highest BCUT2D eigenvalue weighted by Crippen LogP contribution is 2.31. The van der Waals surface area contributed by atoms with Crippen molar-refractivity contribution in [2.75, 3.05) is 0 Å². The van der Waals surface area contributed by atoms with Crippen LogP contribution in [0.1, 0.15) is 23.6 Å².